The number of nitrogens with zero attached hydrogens (tertiary/aromatic N) is 1. The molecular weight excluding hydrogens is 91.1 g/mol. The molecule has 0 unspecified atom stereocenters. The van der Waals surface area contributed by atoms with Gasteiger partial charge >= 0.3 is 0 Å². The number of likely N-dealkylation sites (N-methyl/N-ethyl adjacent to an activating group) is 1. The zero-order valence-electron chi connectivity index (χ0n) is 8.86. The van der Waals surface area contributed by atoms with E-state index < -0.39 is 13.1 Å². The fourth-order valence-corrected chi connectivity index (χ4v) is 0.137. The maximum absolute atomic E-state index is 10.7. The van der Waals surface area contributed by atoms with Gasteiger partial charge in [0.1, 0.15) is 0 Å². The Kier molecular flexibility index (Phi) is 0.804. The Morgan fingerprint density at radius 1 is 1.57 bits per heavy atom. The first-order valence-corrected chi connectivity index (χ1v) is 2.02. The Bertz CT molecular complexity index is 130. The van der Waals surface area contributed by atoms with Gasteiger partial charge in [-0.05, 0) is 0 Å². The standard InChI is InChI=1S/C5H13NO/c1-6(2,3)4-5-7/h4-5H2,1-3H3/i4D2,5+1D2. The smallest absolute Gasteiger partial charge is 0.0909 e. The van der Waals surface area contributed by atoms with Crippen molar-refractivity contribution in [1.29, 1.82) is 0 Å². The lowest BCUT2D eigenvalue weighted by Crippen LogP contribution is -2.39. The van der Waals surface area contributed by atoms with E-state index in [9.17, 15) is 5.11 Å². The van der Waals surface area contributed by atoms with E-state index in [1.165, 1.54) is 21.1 Å². The fraction of sp³-hybridized carbons (Fsp3) is 1.00. The van der Waals surface area contributed by atoms with Crippen LogP contribution in [0, 0.1) is 0 Å². The second-order valence-electron chi connectivity index (χ2n) is 2.23. The molecule has 0 fully saturated rings. The van der Waals surface area contributed by atoms with Crippen LogP contribution in [0.2, 0.25) is 0 Å². The molecule has 0 aliphatic heterocycles. The Balaban J connectivity index is 4.75. The zero-order valence-corrected chi connectivity index (χ0v) is 4.86. The van der Waals surface area contributed by atoms with E-state index in [0.717, 1.165) is 0 Å². The second-order valence-corrected chi connectivity index (χ2v) is 2.23. The highest BCUT2D eigenvalue weighted by Crippen LogP contribution is 1.83. The molecule has 0 aliphatic carbocycles. The summed E-state index contributed by atoms with van der Waals surface area (Å²) in [6, 6.07) is 0. The molecule has 2 nitrogen and oxygen atoms in total. The average Bonchev–Trinajstić information content (AvgIpc) is 1.58. The molecule has 44 valence electrons. The van der Waals surface area contributed by atoms with Crippen molar-refractivity contribution in [2.24, 2.45) is 0 Å². The highest BCUT2D eigenvalue weighted by atomic mass is 16.3. The van der Waals surface area contributed by atoms with Crippen LogP contribution in [0.3, 0.4) is 0 Å². The molecule has 0 atom stereocenters. The third-order valence-electron chi connectivity index (χ3n) is 0.381. The summed E-state index contributed by atoms with van der Waals surface area (Å²) in [6.07, 6.45) is 0. The number of rotatable bonds is 2. The average molecular weight is 108 g/mol. The molecular formula is C5H13NO. The van der Waals surface area contributed by atoms with E-state index >= 15 is 0 Å². The second kappa shape index (κ2) is 2.28. The summed E-state index contributed by atoms with van der Waals surface area (Å²) in [5, 5.41) is 10.7. The molecule has 0 rings (SSSR count). The quantitative estimate of drug-likeness (QED) is 0.330. The lowest BCUT2D eigenvalue weighted by atomic mass is 10.7. The number of hydrogen-bond acceptors (Lipinski definition) is 1. The van der Waals surface area contributed by atoms with Gasteiger partial charge in [-0.25, -0.2) is 0 Å². The summed E-state index contributed by atoms with van der Waals surface area (Å²) in [6.45, 7) is -5.47. The molecule has 0 aliphatic rings. The summed E-state index contributed by atoms with van der Waals surface area (Å²) in [5.41, 5.74) is 0. The van der Waals surface area contributed by atoms with Crippen LogP contribution >= 0.6 is 0 Å². The summed E-state index contributed by atoms with van der Waals surface area (Å²) >= 11 is 0. The highest BCUT2D eigenvalue weighted by molar-refractivity contribution is 4.17. The fourth-order valence-electron chi connectivity index (χ4n) is 0.137. The van der Waals surface area contributed by atoms with Crippen LogP contribution in [0.4, 0.5) is 0 Å². The topological polar surface area (TPSA) is 23.1 Å². The van der Waals surface area contributed by atoms with E-state index in [2.05, 4.69) is 0 Å². The van der Waals surface area contributed by atoms with Crippen LogP contribution in [0.1, 0.15) is 5.48 Å². The van der Waals surface area contributed by atoms with E-state index in [1.807, 2.05) is 0 Å². The van der Waals surface area contributed by atoms with Gasteiger partial charge in [-0.1, -0.05) is 6.56 Å². The molecule has 0 saturated carbocycles. The van der Waals surface area contributed by atoms with Crippen LogP contribution in [-0.2, 0) is 0 Å². The third-order valence-corrected chi connectivity index (χ3v) is 0.381. The van der Waals surface area contributed by atoms with Gasteiger partial charge < -0.3 is 9.59 Å². The van der Waals surface area contributed by atoms with Crippen molar-refractivity contribution >= 4 is 0 Å². The monoisotopic (exact) mass is 108 g/mol. The van der Waals surface area contributed by atoms with Crippen molar-refractivity contribution in [3.05, 3.63) is 0 Å². The SMILES string of the molecule is [2H]C([2H])([13C]([2H])([2H])[O-])[N+](C)(C)C. The van der Waals surface area contributed by atoms with E-state index in [4.69, 9.17) is 5.48 Å². The molecule has 0 aromatic carbocycles. The molecule has 0 amide bonds. The normalized spacial score (nSPS) is 24.6. The van der Waals surface area contributed by atoms with Gasteiger partial charge in [-0.2, -0.15) is 0 Å². The van der Waals surface area contributed by atoms with Gasteiger partial charge in [0.2, 0.25) is 0 Å². The summed E-state index contributed by atoms with van der Waals surface area (Å²) in [5.74, 6) is 0. The van der Waals surface area contributed by atoms with Crippen molar-refractivity contribution in [2.45, 2.75) is 0 Å². The van der Waals surface area contributed by atoms with Gasteiger partial charge in [0.15, 0.2) is 0 Å². The van der Waals surface area contributed by atoms with Crippen molar-refractivity contribution in [1.82, 2.24) is 0 Å². The van der Waals surface area contributed by atoms with Crippen LogP contribution < -0.4 is 5.11 Å². The summed E-state index contributed by atoms with van der Waals surface area (Å²) in [4.78, 5) is 0. The number of quaternary nitrogens is 1. The molecule has 0 heterocycles. The van der Waals surface area contributed by atoms with Gasteiger partial charge in [0.25, 0.3) is 0 Å². The minimum absolute atomic E-state index is 0.344. The van der Waals surface area contributed by atoms with Crippen LogP contribution in [-0.4, -0.2) is 38.7 Å². The van der Waals surface area contributed by atoms with Gasteiger partial charge in [-0.15, -0.1) is 0 Å². The first-order valence-electron chi connectivity index (χ1n) is 4.02. The minimum Gasteiger partial charge on any atom is -0.850 e. The zero-order chi connectivity index (χ0) is 9.50. The Morgan fingerprint density at radius 3 is 2.00 bits per heavy atom. The third kappa shape index (κ3) is 5.92. The lowest BCUT2D eigenvalue weighted by molar-refractivity contribution is -0.875. The van der Waals surface area contributed by atoms with Gasteiger partial charge in [0, 0.05) is 2.74 Å². The maximum Gasteiger partial charge on any atom is 0.0909 e. The van der Waals surface area contributed by atoms with E-state index in [0.29, 0.717) is 0 Å². The Labute approximate surface area is 50.6 Å². The number of hydrogen-bond donors (Lipinski definition) is 0. The molecule has 0 spiro atoms. The predicted molar refractivity (Wildman–Crippen MR) is 27.8 cm³/mol. The van der Waals surface area contributed by atoms with Gasteiger partial charge in [0.05, 0.1) is 30.4 Å². The van der Waals surface area contributed by atoms with Gasteiger partial charge in [-0.3, -0.25) is 0 Å². The molecule has 0 aromatic rings. The van der Waals surface area contributed by atoms with Crippen molar-refractivity contribution in [3.8, 4) is 0 Å². The predicted octanol–water partition coefficient (Wildman–Crippen LogP) is -0.947. The van der Waals surface area contributed by atoms with Crippen LogP contribution in [0.15, 0.2) is 0 Å². The highest BCUT2D eigenvalue weighted by Gasteiger charge is 1.99. The summed E-state index contributed by atoms with van der Waals surface area (Å²) < 4.78 is 27.4. The lowest BCUT2D eigenvalue weighted by Gasteiger charge is -2.25. The molecule has 0 N–H and O–H groups in total. The molecule has 0 aromatic heterocycles. The first-order chi connectivity index (χ1) is 4.50. The largest absolute Gasteiger partial charge is 0.850 e. The Morgan fingerprint density at radius 2 is 2.00 bits per heavy atom. The molecule has 2 heteroatoms. The van der Waals surface area contributed by atoms with Crippen molar-refractivity contribution < 1.29 is 15.1 Å². The first kappa shape index (κ1) is 2.46. The molecule has 0 saturated heterocycles. The maximum atomic E-state index is 10.7. The molecule has 0 radical (unpaired) electrons. The minimum atomic E-state index is -3.06. The molecule has 0 bridgehead atoms. The van der Waals surface area contributed by atoms with Crippen LogP contribution in [0.5, 0.6) is 0 Å². The summed E-state index contributed by atoms with van der Waals surface area (Å²) in [7, 11) is 4.32. The Hall–Kier alpha value is -0.0800. The van der Waals surface area contributed by atoms with Crippen LogP contribution in [0.25, 0.3) is 0 Å². The van der Waals surface area contributed by atoms with E-state index in [-0.39, 0.29) is 4.48 Å². The molecule has 7 heavy (non-hydrogen) atoms. The van der Waals surface area contributed by atoms with Crippen molar-refractivity contribution in [3.63, 3.8) is 0 Å². The van der Waals surface area contributed by atoms with Crippen molar-refractivity contribution in [2.75, 3.05) is 34.2 Å². The van der Waals surface area contributed by atoms with E-state index in [1.54, 1.807) is 0 Å².